The normalized spacial score (nSPS) is 12.9. The second-order valence-corrected chi connectivity index (χ2v) is 4.08. The Labute approximate surface area is 101 Å². The lowest BCUT2D eigenvalue weighted by Crippen LogP contribution is -2.22. The fourth-order valence-electron chi connectivity index (χ4n) is 1.88. The molecular weight excluding hydrogens is 214 g/mol. The van der Waals surface area contributed by atoms with E-state index in [4.69, 9.17) is 0 Å². The number of hydrogen-bond acceptors (Lipinski definition) is 3. The molecule has 0 aliphatic carbocycles. The predicted molar refractivity (Wildman–Crippen MR) is 66.6 cm³/mol. The Morgan fingerprint density at radius 2 is 2.18 bits per heavy atom. The van der Waals surface area contributed by atoms with Gasteiger partial charge in [-0.15, -0.1) is 0 Å². The van der Waals surface area contributed by atoms with E-state index in [1.807, 2.05) is 35.0 Å². The molecule has 5 nitrogen and oxygen atoms in total. The maximum Gasteiger partial charge on any atom is 0.0947 e. The largest absolute Gasteiger partial charge is 0.340 e. The predicted octanol–water partition coefficient (Wildman–Crippen LogP) is 1.34. The van der Waals surface area contributed by atoms with Gasteiger partial charge in [0.25, 0.3) is 0 Å². The molecule has 2 aromatic heterocycles. The average molecular weight is 233 g/mol. The zero-order valence-electron chi connectivity index (χ0n) is 10.6. The minimum absolute atomic E-state index is 0.126. The van der Waals surface area contributed by atoms with Gasteiger partial charge in [0.05, 0.1) is 24.3 Å². The van der Waals surface area contributed by atoms with E-state index in [1.54, 1.807) is 0 Å². The highest BCUT2D eigenvalue weighted by Gasteiger charge is 2.16. The third-order valence-electron chi connectivity index (χ3n) is 2.74. The first-order chi connectivity index (χ1) is 8.24. The highest BCUT2D eigenvalue weighted by Crippen LogP contribution is 2.19. The van der Waals surface area contributed by atoms with Crippen LogP contribution < -0.4 is 5.32 Å². The molecule has 2 heterocycles. The van der Waals surface area contributed by atoms with Gasteiger partial charge in [0.15, 0.2) is 0 Å². The van der Waals surface area contributed by atoms with Crippen LogP contribution in [0.4, 0.5) is 0 Å². The topological polar surface area (TPSA) is 47.7 Å². The van der Waals surface area contributed by atoms with Crippen LogP contribution in [0.5, 0.6) is 0 Å². The van der Waals surface area contributed by atoms with Crippen molar-refractivity contribution in [2.75, 3.05) is 6.54 Å². The molecule has 0 aliphatic rings. The van der Waals surface area contributed by atoms with Crippen LogP contribution in [0, 0.1) is 0 Å². The molecule has 2 rings (SSSR count). The Balaban J connectivity index is 2.28. The van der Waals surface area contributed by atoms with Crippen molar-refractivity contribution in [3.05, 3.63) is 36.2 Å². The quantitative estimate of drug-likeness (QED) is 0.847. The lowest BCUT2D eigenvalue weighted by molar-refractivity contribution is 0.613. The van der Waals surface area contributed by atoms with Crippen LogP contribution in [0.2, 0.25) is 0 Å². The molecule has 0 spiro atoms. The first-order valence-electron chi connectivity index (χ1n) is 5.98. The van der Waals surface area contributed by atoms with Gasteiger partial charge in [-0.3, -0.25) is 4.68 Å². The fraction of sp³-hybridized carbons (Fsp3) is 0.500. The number of nitrogens with zero attached hydrogens (tertiary/aromatic N) is 4. The van der Waals surface area contributed by atoms with Crippen molar-refractivity contribution in [3.8, 4) is 0 Å². The second-order valence-electron chi connectivity index (χ2n) is 4.08. The van der Waals surface area contributed by atoms with Crippen LogP contribution >= 0.6 is 0 Å². The number of imidazole rings is 1. The first kappa shape index (κ1) is 11.9. The Hall–Kier alpha value is -1.62. The summed E-state index contributed by atoms with van der Waals surface area (Å²) in [5.74, 6) is 0. The van der Waals surface area contributed by atoms with E-state index in [1.165, 1.54) is 0 Å². The molecule has 0 amide bonds. The Kier molecular flexibility index (Phi) is 3.58. The van der Waals surface area contributed by atoms with Crippen molar-refractivity contribution in [2.24, 2.45) is 7.05 Å². The fourth-order valence-corrected chi connectivity index (χ4v) is 1.88. The van der Waals surface area contributed by atoms with Gasteiger partial charge in [0, 0.05) is 31.5 Å². The van der Waals surface area contributed by atoms with Crippen molar-refractivity contribution < 1.29 is 0 Å². The summed E-state index contributed by atoms with van der Waals surface area (Å²) in [6.07, 6.45) is 7.84. The van der Waals surface area contributed by atoms with Gasteiger partial charge in [-0.25, -0.2) is 4.98 Å². The number of nitrogens with one attached hydrogen (secondary N) is 1. The number of hydrogen-bond donors (Lipinski definition) is 1. The van der Waals surface area contributed by atoms with Crippen molar-refractivity contribution in [1.29, 1.82) is 0 Å². The Morgan fingerprint density at radius 3 is 2.71 bits per heavy atom. The SMILES string of the molecule is CCNC(c1cnn(CC)c1)c1cn(C)cn1. The molecule has 92 valence electrons. The van der Waals surface area contributed by atoms with E-state index in [2.05, 4.69) is 35.4 Å². The van der Waals surface area contributed by atoms with Crippen LogP contribution in [0.25, 0.3) is 0 Å². The van der Waals surface area contributed by atoms with E-state index in [9.17, 15) is 0 Å². The number of rotatable bonds is 5. The molecule has 0 bridgehead atoms. The van der Waals surface area contributed by atoms with Crippen molar-refractivity contribution in [1.82, 2.24) is 24.6 Å². The van der Waals surface area contributed by atoms with Gasteiger partial charge >= 0.3 is 0 Å². The molecule has 1 unspecified atom stereocenters. The Bertz CT molecular complexity index is 471. The summed E-state index contributed by atoms with van der Waals surface area (Å²) in [6.45, 7) is 5.97. The van der Waals surface area contributed by atoms with Gasteiger partial charge in [0.2, 0.25) is 0 Å². The van der Waals surface area contributed by atoms with Gasteiger partial charge in [0.1, 0.15) is 0 Å². The number of aromatic nitrogens is 4. The minimum atomic E-state index is 0.126. The summed E-state index contributed by atoms with van der Waals surface area (Å²) in [7, 11) is 1.98. The molecule has 0 saturated heterocycles. The van der Waals surface area contributed by atoms with Gasteiger partial charge in [-0.2, -0.15) is 5.10 Å². The summed E-state index contributed by atoms with van der Waals surface area (Å²) in [4.78, 5) is 4.41. The minimum Gasteiger partial charge on any atom is -0.340 e. The first-order valence-corrected chi connectivity index (χ1v) is 5.98. The summed E-state index contributed by atoms with van der Waals surface area (Å²) in [6, 6.07) is 0.126. The molecule has 0 radical (unpaired) electrons. The van der Waals surface area contributed by atoms with Gasteiger partial charge < -0.3 is 9.88 Å². The average Bonchev–Trinajstić information content (AvgIpc) is 2.94. The van der Waals surface area contributed by atoms with Gasteiger partial charge in [-0.1, -0.05) is 6.92 Å². The summed E-state index contributed by atoms with van der Waals surface area (Å²) < 4.78 is 3.90. The van der Waals surface area contributed by atoms with E-state index in [0.29, 0.717) is 0 Å². The van der Waals surface area contributed by atoms with Crippen LogP contribution in [0.15, 0.2) is 24.9 Å². The molecule has 0 fully saturated rings. The maximum absolute atomic E-state index is 4.41. The van der Waals surface area contributed by atoms with Crippen molar-refractivity contribution >= 4 is 0 Å². The second kappa shape index (κ2) is 5.14. The molecule has 1 N–H and O–H groups in total. The van der Waals surface area contributed by atoms with Crippen LogP contribution in [-0.4, -0.2) is 25.9 Å². The van der Waals surface area contributed by atoms with Crippen LogP contribution in [0.1, 0.15) is 31.1 Å². The zero-order valence-corrected chi connectivity index (χ0v) is 10.6. The van der Waals surface area contributed by atoms with E-state index in [-0.39, 0.29) is 6.04 Å². The van der Waals surface area contributed by atoms with Crippen molar-refractivity contribution in [3.63, 3.8) is 0 Å². The summed E-state index contributed by atoms with van der Waals surface area (Å²) >= 11 is 0. The molecule has 17 heavy (non-hydrogen) atoms. The highest BCUT2D eigenvalue weighted by atomic mass is 15.3. The van der Waals surface area contributed by atoms with Crippen molar-refractivity contribution in [2.45, 2.75) is 26.4 Å². The lowest BCUT2D eigenvalue weighted by atomic mass is 10.1. The van der Waals surface area contributed by atoms with E-state index >= 15 is 0 Å². The summed E-state index contributed by atoms with van der Waals surface area (Å²) in [5, 5.41) is 7.75. The molecule has 1 atom stereocenters. The summed E-state index contributed by atoms with van der Waals surface area (Å²) in [5.41, 5.74) is 2.19. The standard InChI is InChI=1S/C12H19N5/c1-4-13-12(11-8-16(3)9-14-11)10-6-15-17(5-2)7-10/h6-9,12-13H,4-5H2,1-3H3. The van der Waals surface area contributed by atoms with Crippen LogP contribution in [0.3, 0.4) is 0 Å². The molecular formula is C12H19N5. The van der Waals surface area contributed by atoms with Crippen LogP contribution in [-0.2, 0) is 13.6 Å². The third kappa shape index (κ3) is 2.55. The lowest BCUT2D eigenvalue weighted by Gasteiger charge is -2.13. The number of aryl methyl sites for hydroxylation is 2. The molecule has 0 saturated carbocycles. The smallest absolute Gasteiger partial charge is 0.0947 e. The zero-order chi connectivity index (χ0) is 12.3. The van der Waals surface area contributed by atoms with Gasteiger partial charge in [-0.05, 0) is 13.5 Å². The molecule has 5 heteroatoms. The van der Waals surface area contributed by atoms with E-state index < -0.39 is 0 Å². The molecule has 0 aromatic carbocycles. The monoisotopic (exact) mass is 233 g/mol. The molecule has 0 aliphatic heterocycles. The highest BCUT2D eigenvalue weighted by molar-refractivity contribution is 5.22. The third-order valence-corrected chi connectivity index (χ3v) is 2.74. The molecule has 2 aromatic rings. The Morgan fingerprint density at radius 1 is 1.35 bits per heavy atom. The van der Waals surface area contributed by atoms with E-state index in [0.717, 1.165) is 24.3 Å². The maximum atomic E-state index is 4.41.